The maximum absolute atomic E-state index is 3.72. The van der Waals surface area contributed by atoms with Gasteiger partial charge in [-0.15, -0.1) is 0 Å². The lowest BCUT2D eigenvalue weighted by Gasteiger charge is -2.29. The third-order valence-electron chi connectivity index (χ3n) is 2.93. The van der Waals surface area contributed by atoms with Crippen molar-refractivity contribution < 1.29 is 0 Å². The molecule has 1 heteroatoms. The van der Waals surface area contributed by atoms with Crippen LogP contribution in [0.4, 0.5) is 0 Å². The average Bonchev–Trinajstić information content (AvgIpc) is 2.29. The molecular formula is C9H17N. The van der Waals surface area contributed by atoms with E-state index in [2.05, 4.69) is 5.32 Å². The van der Waals surface area contributed by atoms with E-state index in [1.54, 1.807) is 0 Å². The first-order chi connectivity index (χ1) is 4.95. The van der Waals surface area contributed by atoms with Crippen LogP contribution in [0.25, 0.3) is 0 Å². The second-order valence-corrected chi connectivity index (χ2v) is 3.78. The Bertz CT molecular complexity index is 101. The first kappa shape index (κ1) is 6.66. The maximum atomic E-state index is 3.72. The number of nitrogens with one attached hydrogen (secondary N) is 1. The average molecular weight is 139 g/mol. The Labute approximate surface area is 63.2 Å². The van der Waals surface area contributed by atoms with Crippen molar-refractivity contribution in [1.82, 2.24) is 5.32 Å². The molecule has 0 saturated heterocycles. The fourth-order valence-corrected chi connectivity index (χ4v) is 2.00. The highest BCUT2D eigenvalue weighted by Crippen LogP contribution is 2.23. The Morgan fingerprint density at radius 2 is 1.20 bits per heavy atom. The van der Waals surface area contributed by atoms with E-state index in [1.807, 2.05) is 0 Å². The molecule has 1 N–H and O–H groups in total. The molecule has 0 atom stereocenters. The minimum absolute atomic E-state index is 0.894. The second kappa shape index (κ2) is 2.91. The first-order valence-corrected chi connectivity index (χ1v) is 4.71. The first-order valence-electron chi connectivity index (χ1n) is 4.71. The van der Waals surface area contributed by atoms with Crippen LogP contribution in [0.15, 0.2) is 0 Å². The molecule has 0 aromatic rings. The third-order valence-corrected chi connectivity index (χ3v) is 2.93. The van der Waals surface area contributed by atoms with Crippen LogP contribution in [0.1, 0.15) is 44.9 Å². The van der Waals surface area contributed by atoms with Gasteiger partial charge in [-0.1, -0.05) is 19.3 Å². The van der Waals surface area contributed by atoms with Crippen LogP contribution < -0.4 is 5.32 Å². The summed E-state index contributed by atoms with van der Waals surface area (Å²) in [5.41, 5.74) is 0. The van der Waals surface area contributed by atoms with E-state index in [1.165, 1.54) is 44.9 Å². The molecular weight excluding hydrogens is 122 g/mol. The summed E-state index contributed by atoms with van der Waals surface area (Å²) in [5, 5.41) is 3.72. The van der Waals surface area contributed by atoms with Crippen molar-refractivity contribution >= 4 is 0 Å². The SMILES string of the molecule is C1CCC(NC2CCC2)C1. The largest absolute Gasteiger partial charge is 0.311 e. The lowest BCUT2D eigenvalue weighted by molar-refractivity contribution is 0.305. The molecule has 0 aromatic carbocycles. The molecule has 0 bridgehead atoms. The minimum atomic E-state index is 0.894. The maximum Gasteiger partial charge on any atom is 0.00696 e. The summed E-state index contributed by atoms with van der Waals surface area (Å²) in [4.78, 5) is 0. The van der Waals surface area contributed by atoms with Gasteiger partial charge in [0.25, 0.3) is 0 Å². The Morgan fingerprint density at radius 1 is 0.700 bits per heavy atom. The van der Waals surface area contributed by atoms with Gasteiger partial charge in [-0.05, 0) is 25.7 Å². The summed E-state index contributed by atoms with van der Waals surface area (Å²) in [5.74, 6) is 0. The van der Waals surface area contributed by atoms with Crippen LogP contribution in [-0.2, 0) is 0 Å². The van der Waals surface area contributed by atoms with E-state index in [0.717, 1.165) is 12.1 Å². The van der Waals surface area contributed by atoms with Gasteiger partial charge in [-0.25, -0.2) is 0 Å². The Morgan fingerprint density at radius 3 is 1.60 bits per heavy atom. The fourth-order valence-electron chi connectivity index (χ4n) is 2.00. The zero-order valence-corrected chi connectivity index (χ0v) is 6.60. The van der Waals surface area contributed by atoms with Crippen LogP contribution in [0.5, 0.6) is 0 Å². The van der Waals surface area contributed by atoms with Crippen LogP contribution in [0.3, 0.4) is 0 Å². The highest BCUT2D eigenvalue weighted by atomic mass is 15.0. The summed E-state index contributed by atoms with van der Waals surface area (Å²) in [7, 11) is 0. The van der Waals surface area contributed by atoms with Gasteiger partial charge in [0.1, 0.15) is 0 Å². The standard InChI is InChI=1S/C9H17N/c1-2-5-8(4-1)10-9-6-3-7-9/h8-10H,1-7H2. The molecule has 58 valence electrons. The van der Waals surface area contributed by atoms with Gasteiger partial charge in [0, 0.05) is 12.1 Å². The molecule has 0 unspecified atom stereocenters. The Kier molecular flexibility index (Phi) is 1.94. The van der Waals surface area contributed by atoms with E-state index >= 15 is 0 Å². The molecule has 2 rings (SSSR count). The van der Waals surface area contributed by atoms with E-state index < -0.39 is 0 Å². The highest BCUT2D eigenvalue weighted by Gasteiger charge is 2.22. The molecule has 0 aliphatic heterocycles. The minimum Gasteiger partial charge on any atom is -0.311 e. The van der Waals surface area contributed by atoms with Crippen molar-refractivity contribution in [3.8, 4) is 0 Å². The quantitative estimate of drug-likeness (QED) is 0.617. The van der Waals surface area contributed by atoms with Crippen molar-refractivity contribution in [2.75, 3.05) is 0 Å². The van der Waals surface area contributed by atoms with E-state index in [4.69, 9.17) is 0 Å². The molecule has 2 aliphatic rings. The summed E-state index contributed by atoms with van der Waals surface area (Å²) in [6.45, 7) is 0. The summed E-state index contributed by atoms with van der Waals surface area (Å²) < 4.78 is 0. The lowest BCUT2D eigenvalue weighted by Crippen LogP contribution is -2.40. The number of rotatable bonds is 2. The number of hydrogen-bond donors (Lipinski definition) is 1. The zero-order valence-electron chi connectivity index (χ0n) is 6.60. The number of hydrogen-bond acceptors (Lipinski definition) is 1. The van der Waals surface area contributed by atoms with Crippen molar-refractivity contribution in [3.05, 3.63) is 0 Å². The van der Waals surface area contributed by atoms with E-state index in [9.17, 15) is 0 Å². The monoisotopic (exact) mass is 139 g/mol. The molecule has 10 heavy (non-hydrogen) atoms. The van der Waals surface area contributed by atoms with Crippen LogP contribution in [-0.4, -0.2) is 12.1 Å². The lowest BCUT2D eigenvalue weighted by atomic mass is 9.92. The van der Waals surface area contributed by atoms with Crippen molar-refractivity contribution in [3.63, 3.8) is 0 Å². The van der Waals surface area contributed by atoms with Gasteiger partial charge in [0.2, 0.25) is 0 Å². The Hall–Kier alpha value is -0.0400. The predicted molar refractivity (Wildman–Crippen MR) is 43.0 cm³/mol. The topological polar surface area (TPSA) is 12.0 Å². The smallest absolute Gasteiger partial charge is 0.00696 e. The highest BCUT2D eigenvalue weighted by molar-refractivity contribution is 4.83. The molecule has 1 nitrogen and oxygen atoms in total. The fraction of sp³-hybridized carbons (Fsp3) is 1.00. The molecule has 2 saturated carbocycles. The van der Waals surface area contributed by atoms with Crippen molar-refractivity contribution in [1.29, 1.82) is 0 Å². The predicted octanol–water partition coefficient (Wildman–Crippen LogP) is 2.07. The van der Waals surface area contributed by atoms with Gasteiger partial charge in [0.05, 0.1) is 0 Å². The van der Waals surface area contributed by atoms with Gasteiger partial charge in [-0.3, -0.25) is 0 Å². The molecule has 2 fully saturated rings. The zero-order chi connectivity index (χ0) is 6.81. The molecule has 0 aromatic heterocycles. The summed E-state index contributed by atoms with van der Waals surface area (Å²) in [6, 6.07) is 1.80. The van der Waals surface area contributed by atoms with Crippen molar-refractivity contribution in [2.45, 2.75) is 57.0 Å². The normalized spacial score (nSPS) is 28.8. The van der Waals surface area contributed by atoms with Crippen molar-refractivity contribution in [2.24, 2.45) is 0 Å². The summed E-state index contributed by atoms with van der Waals surface area (Å²) >= 11 is 0. The molecule has 0 radical (unpaired) electrons. The Balaban J connectivity index is 1.68. The molecule has 0 amide bonds. The van der Waals surface area contributed by atoms with E-state index in [-0.39, 0.29) is 0 Å². The summed E-state index contributed by atoms with van der Waals surface area (Å²) in [6.07, 6.45) is 10.2. The third kappa shape index (κ3) is 1.34. The van der Waals surface area contributed by atoms with Crippen LogP contribution in [0.2, 0.25) is 0 Å². The van der Waals surface area contributed by atoms with Gasteiger partial charge < -0.3 is 5.32 Å². The molecule has 0 spiro atoms. The molecule has 0 heterocycles. The molecule has 2 aliphatic carbocycles. The van der Waals surface area contributed by atoms with Crippen LogP contribution >= 0.6 is 0 Å². The van der Waals surface area contributed by atoms with Gasteiger partial charge in [0.15, 0.2) is 0 Å². The van der Waals surface area contributed by atoms with Gasteiger partial charge in [-0.2, -0.15) is 0 Å². The van der Waals surface area contributed by atoms with Crippen LogP contribution in [0, 0.1) is 0 Å². The van der Waals surface area contributed by atoms with E-state index in [0.29, 0.717) is 0 Å². The second-order valence-electron chi connectivity index (χ2n) is 3.78. The van der Waals surface area contributed by atoms with Gasteiger partial charge >= 0.3 is 0 Å².